The van der Waals surface area contributed by atoms with Crippen LogP contribution in [0.2, 0.25) is 0 Å². The summed E-state index contributed by atoms with van der Waals surface area (Å²) in [6, 6.07) is 0. The van der Waals surface area contributed by atoms with Crippen molar-refractivity contribution in [3.63, 3.8) is 0 Å². The summed E-state index contributed by atoms with van der Waals surface area (Å²) in [5.74, 6) is -1.66. The van der Waals surface area contributed by atoms with Crippen molar-refractivity contribution in [1.29, 1.82) is 0 Å². The van der Waals surface area contributed by atoms with Gasteiger partial charge in [0, 0.05) is 25.7 Å². The molecule has 0 aromatic rings. The van der Waals surface area contributed by atoms with E-state index in [1.807, 2.05) is 0 Å². The van der Waals surface area contributed by atoms with Crippen LogP contribution >= 0.6 is 48.9 Å². The van der Waals surface area contributed by atoms with Gasteiger partial charge >= 0.3 is 5.97 Å². The first kappa shape index (κ1) is 72.6. The highest BCUT2D eigenvalue weighted by Crippen LogP contribution is 2.40. The Labute approximate surface area is 478 Å². The summed E-state index contributed by atoms with van der Waals surface area (Å²) in [7, 11) is 0. The van der Waals surface area contributed by atoms with Crippen LogP contribution in [0.5, 0.6) is 0 Å². The third-order valence-corrected chi connectivity index (χ3v) is 16.3. The summed E-state index contributed by atoms with van der Waals surface area (Å²) < 4.78 is 27.1. The third kappa shape index (κ3) is 47.3. The van der Waals surface area contributed by atoms with Crippen molar-refractivity contribution < 1.29 is 18.9 Å². The highest BCUT2D eigenvalue weighted by atomic mass is 32.1. The van der Waals surface area contributed by atoms with Gasteiger partial charge in [0.25, 0.3) is 0 Å². The molecule has 0 amide bonds. The molecule has 0 aliphatic rings. The van der Waals surface area contributed by atoms with E-state index in [0.29, 0.717) is 39.5 Å². The maximum absolute atomic E-state index is 6.87. The van der Waals surface area contributed by atoms with Crippen LogP contribution in [0.15, 0.2) is 0 Å². The second-order valence-electron chi connectivity index (χ2n) is 23.1. The minimum Gasteiger partial charge on any atom is -0.486 e. The first-order valence-corrected chi connectivity index (χ1v) is 34.0. The molecule has 0 aromatic heterocycles. The smallest absolute Gasteiger partial charge is 0.427 e. The molecule has 432 valence electrons. The van der Waals surface area contributed by atoms with E-state index in [0.717, 1.165) is 51.4 Å². The molecule has 0 saturated heterocycles. The number of thiocarbonyl (C=S) groups is 4. The third-order valence-electron chi connectivity index (χ3n) is 15.1. The van der Waals surface area contributed by atoms with Crippen molar-refractivity contribution in [3.8, 4) is 0 Å². The van der Waals surface area contributed by atoms with Crippen LogP contribution in [0.4, 0.5) is 0 Å². The number of hydrogen-bond donors (Lipinski definition) is 0. The fourth-order valence-electron chi connectivity index (χ4n) is 9.94. The van der Waals surface area contributed by atoms with E-state index >= 15 is 0 Å². The summed E-state index contributed by atoms with van der Waals surface area (Å²) in [5, 5.41) is 2.09. The summed E-state index contributed by atoms with van der Waals surface area (Å²) in [6.45, 7) is 13.6. The van der Waals surface area contributed by atoms with Crippen LogP contribution < -0.4 is 0 Å². The number of unbranched alkanes of at least 4 members (excludes halogenated alkanes) is 44. The first-order valence-electron chi connectivity index (χ1n) is 32.4. The van der Waals surface area contributed by atoms with Gasteiger partial charge < -0.3 is 18.9 Å². The molecule has 0 N–H and O–H groups in total. The van der Waals surface area contributed by atoms with Gasteiger partial charge in [-0.15, -0.1) is 0 Å². The zero-order valence-electron chi connectivity index (χ0n) is 49.7. The predicted molar refractivity (Wildman–Crippen MR) is 339 cm³/mol. The van der Waals surface area contributed by atoms with Crippen LogP contribution in [0.1, 0.15) is 375 Å². The Morgan fingerprint density at radius 1 is 0.247 bits per heavy atom. The molecule has 0 bridgehead atoms. The molecule has 73 heavy (non-hydrogen) atoms. The van der Waals surface area contributed by atoms with Crippen molar-refractivity contribution in [1.82, 2.24) is 0 Å². The number of ether oxygens (including phenoxy) is 4. The lowest BCUT2D eigenvalue weighted by atomic mass is 9.90. The van der Waals surface area contributed by atoms with E-state index in [1.54, 1.807) is 0 Å². The summed E-state index contributed by atoms with van der Waals surface area (Å²) in [4.78, 5) is 0. The fourth-order valence-corrected chi connectivity index (χ4v) is 10.9. The van der Waals surface area contributed by atoms with E-state index in [4.69, 9.17) is 67.8 Å². The molecule has 0 unspecified atom stereocenters. The van der Waals surface area contributed by atoms with Gasteiger partial charge in [0.15, 0.2) is 20.2 Å². The van der Waals surface area contributed by atoms with Gasteiger partial charge in [0.05, 0.1) is 0 Å². The van der Waals surface area contributed by atoms with Gasteiger partial charge in [-0.25, -0.2) is 0 Å². The Kier molecular flexibility index (Phi) is 54.6. The van der Waals surface area contributed by atoms with Gasteiger partial charge in [-0.3, -0.25) is 0 Å². The molecule has 0 aliphatic heterocycles. The van der Waals surface area contributed by atoms with E-state index in [1.165, 1.54) is 263 Å². The van der Waals surface area contributed by atoms with Gasteiger partial charge in [-0.2, -0.15) is 0 Å². The van der Waals surface area contributed by atoms with Crippen molar-refractivity contribution in [2.45, 2.75) is 381 Å². The van der Waals surface area contributed by atoms with Crippen molar-refractivity contribution in [2.75, 3.05) is 6.61 Å². The topological polar surface area (TPSA) is 36.9 Å². The summed E-state index contributed by atoms with van der Waals surface area (Å²) in [6.07, 6.45) is 65.0. The number of rotatable bonds is 58. The molecule has 0 aromatic carbocycles. The van der Waals surface area contributed by atoms with Gasteiger partial charge in [-0.05, 0) is 88.4 Å². The Balaban J connectivity index is 5.72. The van der Waals surface area contributed by atoms with Gasteiger partial charge in [0.2, 0.25) is 0 Å². The quantitative estimate of drug-likeness (QED) is 0.0339. The molecule has 0 fully saturated rings. The monoisotopic (exact) mass is 1100 g/mol. The summed E-state index contributed by atoms with van der Waals surface area (Å²) >= 11 is 24.1. The molecular weight excluding hydrogens is 973 g/mol. The van der Waals surface area contributed by atoms with Crippen LogP contribution in [-0.2, 0) is 18.9 Å². The minimum atomic E-state index is -1.66. The van der Waals surface area contributed by atoms with E-state index in [-0.39, 0.29) is 6.61 Å². The lowest BCUT2D eigenvalue weighted by molar-refractivity contribution is -0.339. The summed E-state index contributed by atoms with van der Waals surface area (Å²) in [5.41, 5.74) is -0.852. The van der Waals surface area contributed by atoms with E-state index in [9.17, 15) is 0 Å². The van der Waals surface area contributed by atoms with Crippen LogP contribution in [0.3, 0.4) is 0 Å². The zero-order valence-corrected chi connectivity index (χ0v) is 53.0. The van der Waals surface area contributed by atoms with Crippen molar-refractivity contribution >= 4 is 69.1 Å². The van der Waals surface area contributed by atoms with E-state index in [2.05, 4.69) is 41.5 Å². The van der Waals surface area contributed by atoms with Crippen LogP contribution in [-0.4, -0.2) is 32.8 Å². The van der Waals surface area contributed by atoms with Crippen molar-refractivity contribution in [2.24, 2.45) is 5.41 Å². The molecule has 0 spiro atoms. The average Bonchev–Trinajstić information content (AvgIpc) is 3.36. The molecule has 8 heteroatoms. The predicted octanol–water partition coefficient (Wildman–Crippen LogP) is 24.4. The fraction of sp³-hybridized carbons (Fsp3) is 0.938. The van der Waals surface area contributed by atoms with Crippen molar-refractivity contribution in [3.05, 3.63) is 0 Å². The van der Waals surface area contributed by atoms with Crippen LogP contribution in [0.25, 0.3) is 0 Å². The maximum atomic E-state index is 6.87. The number of hydrogen-bond acceptors (Lipinski definition) is 8. The Morgan fingerprint density at radius 2 is 0.411 bits per heavy atom. The van der Waals surface area contributed by atoms with Gasteiger partial charge in [-0.1, -0.05) is 310 Å². The second-order valence-corrected chi connectivity index (χ2v) is 24.9. The SMILES string of the molecule is CCCCCCCCCCCCCCC(=S)OCC(C)(C)C(OC(=S)CCCCCCCCCCCCCC)(OC(=S)CCCCCCCCCCCCCC)OC(=S)CCCCCCCCCCCCCC. The molecule has 0 atom stereocenters. The molecular formula is C65H124O4S4. The van der Waals surface area contributed by atoms with Gasteiger partial charge in [0.1, 0.15) is 12.0 Å². The average molecular weight is 1100 g/mol. The first-order chi connectivity index (χ1) is 35.6. The maximum Gasteiger partial charge on any atom is 0.427 e. The lowest BCUT2D eigenvalue weighted by Crippen LogP contribution is -2.56. The highest BCUT2D eigenvalue weighted by molar-refractivity contribution is 7.80. The zero-order chi connectivity index (χ0) is 53.6. The molecule has 0 saturated carbocycles. The molecule has 0 heterocycles. The molecule has 4 nitrogen and oxygen atoms in total. The Bertz CT molecular complexity index is 1140. The lowest BCUT2D eigenvalue weighted by Gasteiger charge is -2.44. The minimum absolute atomic E-state index is 0.244. The largest absolute Gasteiger partial charge is 0.486 e. The molecule has 0 radical (unpaired) electrons. The Hall–Kier alpha value is -0.440. The molecule has 0 rings (SSSR count). The van der Waals surface area contributed by atoms with E-state index < -0.39 is 11.4 Å². The Morgan fingerprint density at radius 3 is 0.603 bits per heavy atom. The highest BCUT2D eigenvalue weighted by Gasteiger charge is 2.56. The van der Waals surface area contributed by atoms with Crippen LogP contribution in [0, 0.1) is 5.41 Å². The normalized spacial score (nSPS) is 11.8. The standard InChI is InChI=1S/C65H124O4S4/c1-7-11-15-19-23-27-31-35-39-43-47-51-55-60(70)66-59-64(5,6)65(67-61(71)56-52-48-44-40-36-32-28-24-20-16-12-8-2,68-62(72)57-53-49-45-41-37-33-29-25-21-17-13-9-3)69-63(73)58-54-50-46-42-38-34-30-26-22-18-14-10-4/h7-59H2,1-6H3. The molecule has 0 aliphatic carbocycles. The second kappa shape index (κ2) is 54.9.